The molecule has 0 spiro atoms. The van der Waals surface area contributed by atoms with E-state index in [9.17, 15) is 9.59 Å². The zero-order valence-electron chi connectivity index (χ0n) is 7.68. The van der Waals surface area contributed by atoms with Gasteiger partial charge in [-0.3, -0.25) is 4.79 Å². The van der Waals surface area contributed by atoms with E-state index in [0.717, 1.165) is 5.39 Å². The molecule has 0 aliphatic carbocycles. The summed E-state index contributed by atoms with van der Waals surface area (Å²) in [4.78, 5) is 25.4. The minimum atomic E-state index is -1.19. The molecule has 1 aromatic carbocycles. The molecule has 0 saturated heterocycles. The van der Waals surface area contributed by atoms with Gasteiger partial charge in [0.05, 0.1) is 5.52 Å². The summed E-state index contributed by atoms with van der Waals surface area (Å²) in [5.74, 6) is -1.19. The first-order valence-electron chi connectivity index (χ1n) is 4.30. The fourth-order valence-electron chi connectivity index (χ4n) is 1.39. The molecule has 0 atom stereocenters. The highest BCUT2D eigenvalue weighted by Crippen LogP contribution is 2.15. The van der Waals surface area contributed by atoms with E-state index >= 15 is 0 Å². The van der Waals surface area contributed by atoms with Gasteiger partial charge in [-0.1, -0.05) is 18.2 Å². The molecule has 2 rings (SSSR count). The van der Waals surface area contributed by atoms with Crippen LogP contribution in [0.25, 0.3) is 10.9 Å². The molecular formula is C11H7NO3. The lowest BCUT2D eigenvalue weighted by Gasteiger charge is -2.01. The number of rotatable bonds is 2. The summed E-state index contributed by atoms with van der Waals surface area (Å²) in [6.07, 6.45) is 0.503. The number of carboxylic acid groups (broad SMARTS) is 1. The van der Waals surface area contributed by atoms with Crippen LogP contribution in [0.4, 0.5) is 0 Å². The van der Waals surface area contributed by atoms with Crippen molar-refractivity contribution in [3.8, 4) is 0 Å². The van der Waals surface area contributed by atoms with Crippen molar-refractivity contribution in [3.05, 3.63) is 41.6 Å². The van der Waals surface area contributed by atoms with Crippen molar-refractivity contribution in [2.45, 2.75) is 0 Å². The second-order valence-corrected chi connectivity index (χ2v) is 3.04. The topological polar surface area (TPSA) is 67.3 Å². The largest absolute Gasteiger partial charge is 0.476 e. The van der Waals surface area contributed by atoms with Crippen LogP contribution in [-0.2, 0) is 0 Å². The molecule has 1 N–H and O–H groups in total. The van der Waals surface area contributed by atoms with E-state index in [1.54, 1.807) is 24.3 Å². The summed E-state index contributed by atoms with van der Waals surface area (Å²) in [7, 11) is 0. The Labute approximate surface area is 85.2 Å². The molecule has 0 saturated carbocycles. The molecule has 2 aromatic rings. The minimum Gasteiger partial charge on any atom is -0.476 e. The number of fused-ring (bicyclic) bond motifs is 1. The first-order chi connectivity index (χ1) is 7.22. The summed E-state index contributed by atoms with van der Waals surface area (Å²) in [5.41, 5.74) is 0.463. The molecule has 0 unspecified atom stereocenters. The lowest BCUT2D eigenvalue weighted by atomic mass is 10.1. The van der Waals surface area contributed by atoms with E-state index < -0.39 is 5.97 Å². The van der Waals surface area contributed by atoms with Crippen molar-refractivity contribution < 1.29 is 14.7 Å². The summed E-state index contributed by atoms with van der Waals surface area (Å²) in [6, 6.07) is 8.58. The van der Waals surface area contributed by atoms with E-state index in [4.69, 9.17) is 5.11 Å². The molecular weight excluding hydrogens is 194 g/mol. The lowest BCUT2D eigenvalue weighted by Crippen LogP contribution is -2.05. The van der Waals surface area contributed by atoms with E-state index in [0.29, 0.717) is 11.8 Å². The highest BCUT2D eigenvalue weighted by Gasteiger charge is 2.12. The Kier molecular flexibility index (Phi) is 2.17. The third kappa shape index (κ3) is 1.57. The first kappa shape index (κ1) is 9.33. The van der Waals surface area contributed by atoms with Crippen molar-refractivity contribution in [1.29, 1.82) is 0 Å². The number of aldehydes is 1. The Morgan fingerprint density at radius 2 is 2.07 bits per heavy atom. The summed E-state index contributed by atoms with van der Waals surface area (Å²) >= 11 is 0. The van der Waals surface area contributed by atoms with Gasteiger partial charge in [0.25, 0.3) is 0 Å². The quantitative estimate of drug-likeness (QED) is 0.751. The van der Waals surface area contributed by atoms with Crippen LogP contribution >= 0.6 is 0 Å². The smallest absolute Gasteiger partial charge is 0.355 e. The molecule has 0 bridgehead atoms. The number of benzene rings is 1. The fraction of sp³-hybridized carbons (Fsp3) is 0. The minimum absolute atomic E-state index is 0.0983. The van der Waals surface area contributed by atoms with Gasteiger partial charge >= 0.3 is 5.97 Å². The zero-order chi connectivity index (χ0) is 10.8. The maximum Gasteiger partial charge on any atom is 0.355 e. The lowest BCUT2D eigenvalue weighted by molar-refractivity contribution is 0.0688. The van der Waals surface area contributed by atoms with Crippen LogP contribution in [0.5, 0.6) is 0 Å². The van der Waals surface area contributed by atoms with Crippen LogP contribution < -0.4 is 0 Å². The van der Waals surface area contributed by atoms with Crippen LogP contribution in [0.3, 0.4) is 0 Å². The van der Waals surface area contributed by atoms with Crippen molar-refractivity contribution in [2.75, 3.05) is 0 Å². The normalized spacial score (nSPS) is 10.1. The Hall–Kier alpha value is -2.23. The molecule has 74 valence electrons. The number of carbonyl (C=O) groups excluding carboxylic acids is 1. The summed E-state index contributed by atoms with van der Waals surface area (Å²) < 4.78 is 0. The van der Waals surface area contributed by atoms with E-state index in [1.807, 2.05) is 0 Å². The SMILES string of the molecule is O=Cc1cc2ccccc2nc1C(=O)O. The Balaban J connectivity index is 2.80. The molecule has 0 aliphatic rings. The van der Waals surface area contributed by atoms with Gasteiger partial charge in [-0.2, -0.15) is 0 Å². The molecule has 4 heteroatoms. The standard InChI is InChI=1S/C11H7NO3/c13-6-8-5-7-3-1-2-4-9(7)12-10(8)11(14)15/h1-6H,(H,14,15). The van der Waals surface area contributed by atoms with Gasteiger partial charge < -0.3 is 5.11 Å². The number of hydrogen-bond acceptors (Lipinski definition) is 3. The van der Waals surface area contributed by atoms with Gasteiger partial charge in [0, 0.05) is 10.9 Å². The number of para-hydroxylation sites is 1. The van der Waals surface area contributed by atoms with Crippen LogP contribution in [0.15, 0.2) is 30.3 Å². The first-order valence-corrected chi connectivity index (χ1v) is 4.30. The van der Waals surface area contributed by atoms with Crippen LogP contribution in [0.2, 0.25) is 0 Å². The van der Waals surface area contributed by atoms with Gasteiger partial charge in [0.2, 0.25) is 0 Å². The number of nitrogens with zero attached hydrogens (tertiary/aromatic N) is 1. The average molecular weight is 201 g/mol. The Morgan fingerprint density at radius 1 is 1.33 bits per heavy atom. The molecule has 15 heavy (non-hydrogen) atoms. The summed E-state index contributed by atoms with van der Waals surface area (Å²) in [5, 5.41) is 9.59. The monoisotopic (exact) mass is 201 g/mol. The van der Waals surface area contributed by atoms with Crippen molar-refractivity contribution >= 4 is 23.2 Å². The fourth-order valence-corrected chi connectivity index (χ4v) is 1.39. The average Bonchev–Trinajstić information content (AvgIpc) is 2.27. The predicted molar refractivity (Wildman–Crippen MR) is 54.1 cm³/mol. The molecule has 1 heterocycles. The number of aromatic carboxylic acids is 1. The number of aromatic nitrogens is 1. The Morgan fingerprint density at radius 3 is 2.73 bits per heavy atom. The van der Waals surface area contributed by atoms with Crippen LogP contribution in [0.1, 0.15) is 20.8 Å². The van der Waals surface area contributed by atoms with Gasteiger partial charge in [-0.05, 0) is 12.1 Å². The molecule has 0 fully saturated rings. The third-order valence-electron chi connectivity index (χ3n) is 2.08. The van der Waals surface area contributed by atoms with Gasteiger partial charge in [0.1, 0.15) is 0 Å². The second-order valence-electron chi connectivity index (χ2n) is 3.04. The predicted octanol–water partition coefficient (Wildman–Crippen LogP) is 1.75. The molecule has 0 amide bonds. The maximum atomic E-state index is 10.8. The van der Waals surface area contributed by atoms with Gasteiger partial charge in [-0.15, -0.1) is 0 Å². The number of carbonyl (C=O) groups is 2. The van der Waals surface area contributed by atoms with Crippen LogP contribution in [-0.4, -0.2) is 22.3 Å². The highest BCUT2D eigenvalue weighted by molar-refractivity contribution is 5.99. The van der Waals surface area contributed by atoms with Crippen LogP contribution in [0, 0.1) is 0 Å². The summed E-state index contributed by atoms with van der Waals surface area (Å²) in [6.45, 7) is 0. The van der Waals surface area contributed by atoms with E-state index in [2.05, 4.69) is 4.98 Å². The van der Waals surface area contributed by atoms with E-state index in [1.165, 1.54) is 6.07 Å². The molecule has 0 aliphatic heterocycles. The highest BCUT2D eigenvalue weighted by atomic mass is 16.4. The van der Waals surface area contributed by atoms with Crippen molar-refractivity contribution in [1.82, 2.24) is 4.98 Å². The zero-order valence-corrected chi connectivity index (χ0v) is 7.68. The number of hydrogen-bond donors (Lipinski definition) is 1. The Bertz CT molecular complexity index is 549. The molecule has 4 nitrogen and oxygen atoms in total. The second kappa shape index (κ2) is 3.49. The van der Waals surface area contributed by atoms with Gasteiger partial charge in [0.15, 0.2) is 12.0 Å². The van der Waals surface area contributed by atoms with Crippen molar-refractivity contribution in [2.24, 2.45) is 0 Å². The van der Waals surface area contributed by atoms with E-state index in [-0.39, 0.29) is 11.3 Å². The number of carboxylic acids is 1. The number of pyridine rings is 1. The molecule has 0 radical (unpaired) electrons. The van der Waals surface area contributed by atoms with Gasteiger partial charge in [-0.25, -0.2) is 9.78 Å². The maximum absolute atomic E-state index is 10.8. The third-order valence-corrected chi connectivity index (χ3v) is 2.08. The van der Waals surface area contributed by atoms with Crippen molar-refractivity contribution in [3.63, 3.8) is 0 Å². The molecule has 1 aromatic heterocycles.